The molecule has 0 radical (unpaired) electrons. The van der Waals surface area contributed by atoms with Gasteiger partial charge in [-0.3, -0.25) is 4.79 Å². The number of aliphatic hydroxyl groups is 4. The number of benzene rings is 1. The molecule has 0 bridgehead atoms. The van der Waals surface area contributed by atoms with Gasteiger partial charge >= 0.3 is 17.9 Å². The van der Waals surface area contributed by atoms with Gasteiger partial charge in [-0.25, -0.2) is 9.59 Å². The van der Waals surface area contributed by atoms with Gasteiger partial charge in [-0.15, -0.1) is 0 Å². The maximum absolute atomic E-state index is 13.0. The van der Waals surface area contributed by atoms with E-state index in [4.69, 9.17) is 33.2 Å². The number of fused-ring (bicyclic) bond motifs is 1. The topological polar surface area (TPSA) is 197 Å². The summed E-state index contributed by atoms with van der Waals surface area (Å²) in [7, 11) is 2.70. The minimum atomic E-state index is -1.76. The van der Waals surface area contributed by atoms with Gasteiger partial charge < -0.3 is 53.6 Å². The van der Waals surface area contributed by atoms with Crippen LogP contribution >= 0.6 is 0 Å². The van der Waals surface area contributed by atoms with E-state index in [9.17, 15) is 34.8 Å². The fraction of sp³-hybridized carbons (Fsp3) is 0.552. The molecule has 14 nitrogen and oxygen atoms in total. The lowest BCUT2D eigenvalue weighted by Crippen LogP contribution is -2.61. The molecule has 3 aliphatic rings. The summed E-state index contributed by atoms with van der Waals surface area (Å²) in [4.78, 5) is 38.0. The second kappa shape index (κ2) is 13.4. The highest BCUT2D eigenvalue weighted by Gasteiger charge is 2.63. The molecule has 4 rings (SSSR count). The third kappa shape index (κ3) is 6.84. The Balaban J connectivity index is 1.64. The normalized spacial score (nSPS) is 35.3. The molecular weight excluding hydrogens is 572 g/mol. The van der Waals surface area contributed by atoms with Crippen LogP contribution in [0.15, 0.2) is 42.2 Å². The van der Waals surface area contributed by atoms with Crippen molar-refractivity contribution in [2.24, 2.45) is 11.8 Å². The molecule has 10 atom stereocenters. The van der Waals surface area contributed by atoms with Crippen molar-refractivity contribution in [3.05, 3.63) is 47.7 Å². The van der Waals surface area contributed by atoms with Crippen molar-refractivity contribution in [1.29, 1.82) is 0 Å². The molecule has 2 fully saturated rings. The fourth-order valence-electron chi connectivity index (χ4n) is 5.78. The summed E-state index contributed by atoms with van der Waals surface area (Å²) in [6.45, 7) is 2.05. The summed E-state index contributed by atoms with van der Waals surface area (Å²) in [6.07, 6.45) is -6.67. The number of aliphatic hydroxyl groups excluding tert-OH is 4. The van der Waals surface area contributed by atoms with Crippen LogP contribution < -0.4 is 4.74 Å². The molecule has 0 aromatic heterocycles. The molecule has 1 aromatic rings. The van der Waals surface area contributed by atoms with Crippen LogP contribution in [-0.2, 0) is 42.8 Å². The molecule has 236 valence electrons. The molecule has 0 spiro atoms. The van der Waals surface area contributed by atoms with E-state index >= 15 is 0 Å². The third-order valence-corrected chi connectivity index (χ3v) is 7.79. The Morgan fingerprint density at radius 1 is 1.05 bits per heavy atom. The second-order valence-electron chi connectivity index (χ2n) is 10.6. The van der Waals surface area contributed by atoms with E-state index in [0.717, 1.165) is 13.4 Å². The first-order valence-electron chi connectivity index (χ1n) is 13.5. The Bertz CT molecular complexity index is 1230. The molecule has 43 heavy (non-hydrogen) atoms. The van der Waals surface area contributed by atoms with Gasteiger partial charge in [0, 0.05) is 25.3 Å². The molecule has 1 aromatic carbocycles. The van der Waals surface area contributed by atoms with Gasteiger partial charge in [-0.1, -0.05) is 12.1 Å². The van der Waals surface area contributed by atoms with Gasteiger partial charge in [0.1, 0.15) is 41.9 Å². The van der Waals surface area contributed by atoms with Gasteiger partial charge in [-0.05, 0) is 30.7 Å². The molecule has 1 saturated heterocycles. The summed E-state index contributed by atoms with van der Waals surface area (Å²) < 4.78 is 38.6. The van der Waals surface area contributed by atoms with E-state index in [0.29, 0.717) is 11.3 Å². The Morgan fingerprint density at radius 3 is 2.35 bits per heavy atom. The SMILES string of the molecule is COC(=O)C1=COC(O[C@@H]2O[C@H](CO)[C@@H](O)[C@H](O)[C@H]2O)C2C1C(OC(=O)/C=C\c1ccc(OC)cc1)CC2(C)OC(C)=O. The van der Waals surface area contributed by atoms with Crippen molar-refractivity contribution in [3.63, 3.8) is 0 Å². The number of rotatable bonds is 9. The maximum atomic E-state index is 13.0. The summed E-state index contributed by atoms with van der Waals surface area (Å²) in [5.41, 5.74) is -0.761. The monoisotopic (exact) mass is 608 g/mol. The predicted molar refractivity (Wildman–Crippen MR) is 144 cm³/mol. The van der Waals surface area contributed by atoms with Gasteiger partial charge in [0.2, 0.25) is 6.29 Å². The van der Waals surface area contributed by atoms with Crippen molar-refractivity contribution < 1.29 is 68.0 Å². The lowest BCUT2D eigenvalue weighted by Gasteiger charge is -2.44. The largest absolute Gasteiger partial charge is 0.497 e. The maximum Gasteiger partial charge on any atom is 0.337 e. The summed E-state index contributed by atoms with van der Waals surface area (Å²) in [6, 6.07) is 6.93. The van der Waals surface area contributed by atoms with Crippen LogP contribution in [0.4, 0.5) is 0 Å². The fourth-order valence-corrected chi connectivity index (χ4v) is 5.78. The first kappa shape index (κ1) is 32.4. The van der Waals surface area contributed by atoms with Crippen molar-refractivity contribution in [1.82, 2.24) is 0 Å². The van der Waals surface area contributed by atoms with Gasteiger partial charge in [0.25, 0.3) is 0 Å². The number of hydrogen-bond donors (Lipinski definition) is 4. The highest BCUT2D eigenvalue weighted by atomic mass is 16.8. The number of esters is 3. The average molecular weight is 609 g/mol. The molecule has 2 aliphatic heterocycles. The molecule has 4 N–H and O–H groups in total. The van der Waals surface area contributed by atoms with Crippen LogP contribution in [0.2, 0.25) is 0 Å². The zero-order valence-electron chi connectivity index (χ0n) is 24.0. The number of hydrogen-bond acceptors (Lipinski definition) is 14. The Labute approximate surface area is 247 Å². The number of methoxy groups -OCH3 is 2. The van der Waals surface area contributed by atoms with Gasteiger partial charge in [-0.2, -0.15) is 0 Å². The van der Waals surface area contributed by atoms with Crippen molar-refractivity contribution >= 4 is 24.0 Å². The molecule has 5 unspecified atom stereocenters. The summed E-state index contributed by atoms with van der Waals surface area (Å²) in [5.74, 6) is -3.56. The molecule has 0 amide bonds. The Hall–Kier alpha value is -3.53. The van der Waals surface area contributed by atoms with Gasteiger partial charge in [0.15, 0.2) is 6.29 Å². The smallest absolute Gasteiger partial charge is 0.337 e. The summed E-state index contributed by atoms with van der Waals surface area (Å²) >= 11 is 0. The average Bonchev–Trinajstić information content (AvgIpc) is 3.27. The van der Waals surface area contributed by atoms with E-state index in [-0.39, 0.29) is 12.0 Å². The standard InChI is InChI=1S/C29H36O14/c1-14(31)43-29(2)11-18(40-20(32)10-7-15-5-8-16(37-3)9-6-15)21-17(26(36)38-4)13-39-27(22(21)29)42-28-25(35)24(34)23(33)19(12-30)41-28/h5-10,13,18-19,21-25,27-28,30,33-35H,11-12H2,1-4H3/b10-7-/t18?,19-,21?,22?,23-,24+,25-,27?,28+,29?/m1/s1. The third-order valence-electron chi connectivity index (χ3n) is 7.79. The van der Waals surface area contributed by atoms with Crippen LogP contribution in [0.1, 0.15) is 25.8 Å². The van der Waals surface area contributed by atoms with Crippen LogP contribution in [0.3, 0.4) is 0 Å². The van der Waals surface area contributed by atoms with Crippen molar-refractivity contribution in [2.75, 3.05) is 20.8 Å². The van der Waals surface area contributed by atoms with Crippen molar-refractivity contribution in [2.45, 2.75) is 69.0 Å². The van der Waals surface area contributed by atoms with Gasteiger partial charge in [0.05, 0.1) is 38.6 Å². The lowest BCUT2D eigenvalue weighted by molar-refractivity contribution is -0.346. The Morgan fingerprint density at radius 2 is 1.74 bits per heavy atom. The number of carbonyl (C=O) groups is 3. The first-order chi connectivity index (χ1) is 20.4. The minimum Gasteiger partial charge on any atom is -0.497 e. The quantitative estimate of drug-likeness (QED) is 0.163. The number of carbonyl (C=O) groups excluding carboxylic acids is 3. The van der Waals surface area contributed by atoms with Crippen LogP contribution in [-0.4, -0.2) is 108 Å². The summed E-state index contributed by atoms with van der Waals surface area (Å²) in [5, 5.41) is 40.5. The van der Waals surface area contributed by atoms with Crippen LogP contribution in [0.25, 0.3) is 6.08 Å². The zero-order valence-corrected chi connectivity index (χ0v) is 24.0. The molecule has 2 heterocycles. The van der Waals surface area contributed by atoms with Crippen molar-refractivity contribution in [3.8, 4) is 5.75 Å². The number of ether oxygens (including phenoxy) is 7. The first-order valence-corrected chi connectivity index (χ1v) is 13.5. The lowest BCUT2D eigenvalue weighted by atomic mass is 9.80. The molecule has 14 heteroatoms. The van der Waals surface area contributed by atoms with E-state index in [1.165, 1.54) is 26.2 Å². The van der Waals surface area contributed by atoms with Crippen LogP contribution in [0.5, 0.6) is 5.75 Å². The minimum absolute atomic E-state index is 0.0195. The van der Waals surface area contributed by atoms with E-state index in [2.05, 4.69) is 0 Å². The zero-order chi connectivity index (χ0) is 31.5. The highest BCUT2D eigenvalue weighted by molar-refractivity contribution is 5.90. The van der Waals surface area contributed by atoms with Crippen LogP contribution in [0, 0.1) is 11.8 Å². The molecule has 1 aliphatic carbocycles. The van der Waals surface area contributed by atoms with E-state index in [1.54, 1.807) is 31.2 Å². The second-order valence-corrected chi connectivity index (χ2v) is 10.6. The predicted octanol–water partition coefficient (Wildman–Crippen LogP) is -0.192. The van der Waals surface area contributed by atoms with E-state index in [1.807, 2.05) is 0 Å². The van der Waals surface area contributed by atoms with E-state index < -0.39 is 85.1 Å². The highest BCUT2D eigenvalue weighted by Crippen LogP contribution is 2.52. The molecule has 1 saturated carbocycles. The molecular formula is C29H36O14. The Kier molecular flexibility index (Phi) is 10.1.